The Labute approximate surface area is 197 Å². The fourth-order valence-electron chi connectivity index (χ4n) is 3.27. The Hall–Kier alpha value is -3.46. The van der Waals surface area contributed by atoms with Gasteiger partial charge in [-0.2, -0.15) is 0 Å². The summed E-state index contributed by atoms with van der Waals surface area (Å²) in [5, 5.41) is 0.281. The number of hydrogen-bond acceptors (Lipinski definition) is 14. The van der Waals surface area contributed by atoms with Gasteiger partial charge < -0.3 is 34.4 Å². The minimum atomic E-state index is -1.27. The first-order valence-corrected chi connectivity index (χ1v) is 10.9. The molecule has 0 aliphatic carbocycles. The Balaban J connectivity index is 2.00. The molecule has 0 aromatic carbocycles. The highest BCUT2D eigenvalue weighted by Gasteiger charge is 2.52. The zero-order valence-electron chi connectivity index (χ0n) is 18.7. The fraction of sp³-hybridized carbons (Fsp3) is 0.526. The number of carbonyl (C=O) groups excluding carboxylic acids is 4. The second-order valence-electron chi connectivity index (χ2n) is 7.18. The predicted molar refractivity (Wildman–Crippen MR) is 114 cm³/mol. The van der Waals surface area contributed by atoms with Crippen molar-refractivity contribution in [3.63, 3.8) is 0 Å². The molecule has 34 heavy (non-hydrogen) atoms. The number of nitrogens with one attached hydrogen (secondary N) is 1. The lowest BCUT2D eigenvalue weighted by Gasteiger charge is -2.43. The second-order valence-corrected chi connectivity index (χ2v) is 8.27. The van der Waals surface area contributed by atoms with Crippen molar-refractivity contribution in [2.24, 2.45) is 0 Å². The lowest BCUT2D eigenvalue weighted by molar-refractivity contribution is -0.237. The first-order chi connectivity index (χ1) is 16.0. The number of ether oxygens (including phenoxy) is 5. The number of aromatic nitrogens is 4. The van der Waals surface area contributed by atoms with Gasteiger partial charge in [-0.15, -0.1) is 0 Å². The fourth-order valence-corrected chi connectivity index (χ4v) is 4.34. The number of nitrogens with two attached hydrogens (primary N) is 1. The number of rotatable bonds is 7. The molecular weight excluding hydrogens is 474 g/mol. The molecule has 1 aliphatic heterocycles. The molecule has 0 radical (unpaired) electrons. The van der Waals surface area contributed by atoms with Gasteiger partial charge in [-0.1, -0.05) is 11.8 Å². The minimum absolute atomic E-state index is 0.172. The van der Waals surface area contributed by atoms with Crippen LogP contribution >= 0.6 is 11.8 Å². The van der Waals surface area contributed by atoms with E-state index in [2.05, 4.69) is 19.9 Å². The molecule has 0 bridgehead atoms. The van der Waals surface area contributed by atoms with Crippen molar-refractivity contribution in [2.75, 3.05) is 12.3 Å². The van der Waals surface area contributed by atoms with E-state index in [0.717, 1.165) is 32.5 Å². The molecule has 184 valence electrons. The number of aromatic amines is 1. The third-order valence-corrected chi connectivity index (χ3v) is 5.50. The number of nitrogen functional groups attached to an aromatic ring is 1. The van der Waals surface area contributed by atoms with Crippen LogP contribution in [0.3, 0.4) is 0 Å². The van der Waals surface area contributed by atoms with Gasteiger partial charge in [0.25, 0.3) is 0 Å². The average Bonchev–Trinajstić information content (AvgIpc) is 3.14. The summed E-state index contributed by atoms with van der Waals surface area (Å²) in [5.74, 6) is -2.56. The number of imidazole rings is 1. The van der Waals surface area contributed by atoms with Crippen molar-refractivity contribution in [3.8, 4) is 0 Å². The van der Waals surface area contributed by atoms with Crippen LogP contribution in [0.4, 0.5) is 5.82 Å². The molecule has 0 amide bonds. The van der Waals surface area contributed by atoms with Crippen molar-refractivity contribution in [1.82, 2.24) is 19.9 Å². The molecule has 3 heterocycles. The van der Waals surface area contributed by atoms with Crippen molar-refractivity contribution >= 4 is 52.6 Å². The molecule has 3 N–H and O–H groups in total. The van der Waals surface area contributed by atoms with E-state index >= 15 is 0 Å². The molecule has 1 aliphatic rings. The predicted octanol–water partition coefficient (Wildman–Crippen LogP) is 0.110. The first-order valence-electron chi connectivity index (χ1n) is 9.98. The first kappa shape index (κ1) is 25.2. The quantitative estimate of drug-likeness (QED) is 0.386. The standard InChI is InChI=1S/C19H23N5O9S/c1-7(25)29-5-11-13(30-8(2)26)14(31-9(3)27)15(32-10(4)28)18(33-11)34-19-23-12-16(20)21-6-22-17(12)24-19/h6,11,13-15,18H,5H2,1-4H3,(H3,20,21,22,23,24). The van der Waals surface area contributed by atoms with E-state index in [4.69, 9.17) is 29.4 Å². The van der Waals surface area contributed by atoms with Crippen molar-refractivity contribution < 1.29 is 42.9 Å². The maximum Gasteiger partial charge on any atom is 0.303 e. The Bertz CT molecular complexity index is 1090. The highest BCUT2D eigenvalue weighted by atomic mass is 32.2. The van der Waals surface area contributed by atoms with Gasteiger partial charge in [0, 0.05) is 27.7 Å². The summed E-state index contributed by atoms with van der Waals surface area (Å²) in [6.07, 6.45) is -3.54. The number of nitrogens with zero attached hydrogens (tertiary/aromatic N) is 3. The van der Waals surface area contributed by atoms with Gasteiger partial charge >= 0.3 is 23.9 Å². The monoisotopic (exact) mass is 497 g/mol. The molecule has 5 atom stereocenters. The molecule has 14 nitrogen and oxygen atoms in total. The number of anilines is 1. The van der Waals surface area contributed by atoms with Gasteiger partial charge in [0.15, 0.2) is 40.4 Å². The molecule has 2 aromatic heterocycles. The smallest absolute Gasteiger partial charge is 0.303 e. The van der Waals surface area contributed by atoms with Gasteiger partial charge in [-0.05, 0) is 0 Å². The van der Waals surface area contributed by atoms with E-state index in [-0.39, 0.29) is 17.6 Å². The minimum Gasteiger partial charge on any atom is -0.463 e. The van der Waals surface area contributed by atoms with Crippen molar-refractivity contribution in [1.29, 1.82) is 0 Å². The maximum absolute atomic E-state index is 11.9. The topological polar surface area (TPSA) is 195 Å². The third kappa shape index (κ3) is 6.11. The summed E-state index contributed by atoms with van der Waals surface area (Å²) >= 11 is 0.977. The van der Waals surface area contributed by atoms with Crippen LogP contribution in [0.25, 0.3) is 11.2 Å². The second kappa shape index (κ2) is 10.6. The molecule has 5 unspecified atom stereocenters. The van der Waals surface area contributed by atoms with Crippen LogP contribution in [0.1, 0.15) is 27.7 Å². The van der Waals surface area contributed by atoms with Gasteiger partial charge in [0.05, 0.1) is 0 Å². The van der Waals surface area contributed by atoms with Crippen molar-refractivity contribution in [3.05, 3.63) is 6.33 Å². The third-order valence-electron chi connectivity index (χ3n) is 4.47. The Morgan fingerprint density at radius 1 is 0.971 bits per heavy atom. The summed E-state index contributed by atoms with van der Waals surface area (Å²) in [4.78, 5) is 62.1. The van der Waals surface area contributed by atoms with E-state index in [1.165, 1.54) is 13.3 Å². The Kier molecular flexibility index (Phi) is 7.88. The summed E-state index contributed by atoms with van der Waals surface area (Å²) in [6.45, 7) is 4.33. The van der Waals surface area contributed by atoms with Crippen LogP contribution in [0, 0.1) is 0 Å². The normalized spacial score (nSPS) is 24.3. The maximum atomic E-state index is 11.9. The number of esters is 4. The summed E-state index contributed by atoms with van der Waals surface area (Å²) < 4.78 is 27.2. The highest BCUT2D eigenvalue weighted by molar-refractivity contribution is 7.99. The molecule has 3 rings (SSSR count). The van der Waals surface area contributed by atoms with E-state index in [9.17, 15) is 19.2 Å². The number of hydrogen-bond donors (Lipinski definition) is 2. The number of H-pyrrole nitrogens is 1. The molecule has 2 aromatic rings. The number of thioether (sulfide) groups is 1. The summed E-state index contributed by atoms with van der Waals surface area (Å²) in [7, 11) is 0. The average molecular weight is 497 g/mol. The molecule has 1 fully saturated rings. The van der Waals surface area contributed by atoms with E-state index in [0.29, 0.717) is 11.2 Å². The summed E-state index contributed by atoms with van der Waals surface area (Å²) in [5.41, 5.74) is 5.49. The molecule has 1 saturated heterocycles. The van der Waals surface area contributed by atoms with Crippen LogP contribution in [0.5, 0.6) is 0 Å². The van der Waals surface area contributed by atoms with Gasteiger partial charge in [0.2, 0.25) is 0 Å². The largest absolute Gasteiger partial charge is 0.463 e. The summed E-state index contributed by atoms with van der Waals surface area (Å²) in [6, 6.07) is 0. The zero-order valence-corrected chi connectivity index (χ0v) is 19.5. The van der Waals surface area contributed by atoms with Gasteiger partial charge in [-0.3, -0.25) is 19.2 Å². The lowest BCUT2D eigenvalue weighted by Crippen LogP contribution is -2.61. The van der Waals surface area contributed by atoms with E-state index in [1.54, 1.807) is 0 Å². The van der Waals surface area contributed by atoms with Crippen molar-refractivity contribution in [2.45, 2.75) is 62.7 Å². The highest BCUT2D eigenvalue weighted by Crippen LogP contribution is 2.37. The van der Waals surface area contributed by atoms with Crippen LogP contribution in [-0.4, -0.2) is 80.3 Å². The Morgan fingerprint density at radius 2 is 1.59 bits per heavy atom. The van der Waals surface area contributed by atoms with Crippen LogP contribution in [0.2, 0.25) is 0 Å². The van der Waals surface area contributed by atoms with Crippen LogP contribution in [0.15, 0.2) is 11.5 Å². The number of fused-ring (bicyclic) bond motifs is 1. The van der Waals surface area contributed by atoms with E-state index in [1.807, 2.05) is 0 Å². The van der Waals surface area contributed by atoms with Gasteiger partial charge in [-0.25, -0.2) is 15.0 Å². The molecule has 15 heteroatoms. The Morgan fingerprint density at radius 3 is 2.18 bits per heavy atom. The lowest BCUT2D eigenvalue weighted by atomic mass is 9.99. The van der Waals surface area contributed by atoms with E-state index < -0.39 is 53.7 Å². The SMILES string of the molecule is CC(=O)OCC1OC(Sc2nc3ncnc(N)c3[nH]2)C(OC(C)=O)C(OC(C)=O)C1OC(C)=O. The molecular formula is C19H23N5O9S. The molecule has 0 spiro atoms. The van der Waals surface area contributed by atoms with Crippen LogP contribution in [-0.2, 0) is 42.9 Å². The van der Waals surface area contributed by atoms with Crippen LogP contribution < -0.4 is 5.73 Å². The molecule has 0 saturated carbocycles. The van der Waals surface area contributed by atoms with Gasteiger partial charge in [0.1, 0.15) is 24.6 Å². The zero-order chi connectivity index (χ0) is 25.0. The number of carbonyl (C=O) groups is 4.